The van der Waals surface area contributed by atoms with Crippen LogP contribution in [0.5, 0.6) is 0 Å². The summed E-state index contributed by atoms with van der Waals surface area (Å²) in [7, 11) is 1.84. The van der Waals surface area contributed by atoms with Crippen molar-refractivity contribution in [3.63, 3.8) is 0 Å². The first-order chi connectivity index (χ1) is 12.0. The van der Waals surface area contributed by atoms with Gasteiger partial charge in [-0.3, -0.25) is 4.79 Å². The molecule has 0 N–H and O–H groups in total. The molecule has 1 aliphatic heterocycles. The normalized spacial score (nSPS) is 16.8. The van der Waals surface area contributed by atoms with Crippen molar-refractivity contribution in [2.45, 2.75) is 42.7 Å². The first-order valence-electron chi connectivity index (χ1n) is 8.62. The van der Waals surface area contributed by atoms with Gasteiger partial charge in [0.2, 0.25) is 0 Å². The fourth-order valence-corrected chi connectivity index (χ4v) is 3.98. The largest absolute Gasteiger partial charge is 0.376 e. The summed E-state index contributed by atoms with van der Waals surface area (Å²) >= 11 is 1.55. The van der Waals surface area contributed by atoms with Crippen LogP contribution in [0.4, 0.5) is 0 Å². The fraction of sp³-hybridized carbons (Fsp3) is 0.400. The van der Waals surface area contributed by atoms with Crippen molar-refractivity contribution >= 4 is 17.7 Å². The maximum absolute atomic E-state index is 12.9. The third-order valence-electron chi connectivity index (χ3n) is 4.39. The molecule has 0 saturated carbocycles. The standard InChI is InChI=1S/C20H24N2O2S/c1-14-8-9-18(15(2)12-14)25-19-17(7-4-10-21-19)20(23)22(3)13-16-6-5-11-24-16/h4,7-10,12,16H,5-6,11,13H2,1-3H3. The quantitative estimate of drug-likeness (QED) is 0.809. The molecule has 1 aliphatic rings. The number of aromatic nitrogens is 1. The number of hydrogen-bond donors (Lipinski definition) is 0. The molecule has 0 spiro atoms. The number of pyridine rings is 1. The number of rotatable bonds is 5. The minimum absolute atomic E-state index is 0.00383. The molecule has 25 heavy (non-hydrogen) atoms. The van der Waals surface area contributed by atoms with E-state index in [1.165, 1.54) is 11.1 Å². The Kier molecular flexibility index (Phi) is 5.76. The maximum Gasteiger partial charge on any atom is 0.256 e. The van der Waals surface area contributed by atoms with Gasteiger partial charge in [-0.15, -0.1) is 0 Å². The summed E-state index contributed by atoms with van der Waals surface area (Å²) in [6.45, 7) is 5.59. The molecule has 0 bridgehead atoms. The molecule has 1 atom stereocenters. The molecule has 1 unspecified atom stereocenters. The van der Waals surface area contributed by atoms with Crippen LogP contribution in [0.1, 0.15) is 34.3 Å². The van der Waals surface area contributed by atoms with E-state index in [2.05, 4.69) is 37.0 Å². The predicted molar refractivity (Wildman–Crippen MR) is 100 cm³/mol. The molecule has 1 aromatic carbocycles. The van der Waals surface area contributed by atoms with Crippen LogP contribution in [-0.4, -0.2) is 42.1 Å². The van der Waals surface area contributed by atoms with Gasteiger partial charge in [-0.25, -0.2) is 4.98 Å². The van der Waals surface area contributed by atoms with Gasteiger partial charge in [0.05, 0.1) is 11.7 Å². The molecular weight excluding hydrogens is 332 g/mol. The van der Waals surface area contributed by atoms with Crippen molar-refractivity contribution in [1.82, 2.24) is 9.88 Å². The Labute approximate surface area is 153 Å². The molecule has 1 fully saturated rings. The number of ether oxygens (including phenoxy) is 1. The summed E-state index contributed by atoms with van der Waals surface area (Å²) in [4.78, 5) is 20.2. The fourth-order valence-electron chi connectivity index (χ4n) is 3.04. The van der Waals surface area contributed by atoms with Crippen LogP contribution in [0, 0.1) is 13.8 Å². The van der Waals surface area contributed by atoms with Crippen molar-refractivity contribution in [3.8, 4) is 0 Å². The van der Waals surface area contributed by atoms with E-state index in [0.29, 0.717) is 12.1 Å². The van der Waals surface area contributed by atoms with Crippen molar-refractivity contribution in [3.05, 3.63) is 53.2 Å². The molecule has 2 heterocycles. The number of amides is 1. The van der Waals surface area contributed by atoms with Gasteiger partial charge in [0.25, 0.3) is 5.91 Å². The summed E-state index contributed by atoms with van der Waals surface area (Å²) in [5.74, 6) is -0.00383. The highest BCUT2D eigenvalue weighted by molar-refractivity contribution is 7.99. The van der Waals surface area contributed by atoms with Crippen molar-refractivity contribution in [2.75, 3.05) is 20.2 Å². The molecular formula is C20H24N2O2S. The van der Waals surface area contributed by atoms with E-state index in [9.17, 15) is 4.79 Å². The van der Waals surface area contributed by atoms with Crippen molar-refractivity contribution in [2.24, 2.45) is 0 Å². The van der Waals surface area contributed by atoms with Crippen molar-refractivity contribution in [1.29, 1.82) is 0 Å². The van der Waals surface area contributed by atoms with Gasteiger partial charge in [-0.1, -0.05) is 29.5 Å². The third kappa shape index (κ3) is 4.41. The van der Waals surface area contributed by atoms with E-state index in [1.54, 1.807) is 22.9 Å². The SMILES string of the molecule is Cc1ccc(Sc2ncccc2C(=O)N(C)CC2CCCO2)c(C)c1. The Morgan fingerprint density at radius 1 is 1.36 bits per heavy atom. The van der Waals surface area contributed by atoms with Gasteiger partial charge < -0.3 is 9.64 Å². The Bertz CT molecular complexity index is 757. The van der Waals surface area contributed by atoms with Crippen LogP contribution >= 0.6 is 11.8 Å². The summed E-state index contributed by atoms with van der Waals surface area (Å²) in [6, 6.07) is 10.0. The highest BCUT2D eigenvalue weighted by Gasteiger charge is 2.23. The number of hydrogen-bond acceptors (Lipinski definition) is 4. The summed E-state index contributed by atoms with van der Waals surface area (Å²) in [6.07, 6.45) is 3.99. The molecule has 0 aliphatic carbocycles. The zero-order chi connectivity index (χ0) is 17.8. The minimum atomic E-state index is -0.00383. The Morgan fingerprint density at radius 3 is 2.92 bits per heavy atom. The van der Waals surface area contributed by atoms with E-state index < -0.39 is 0 Å². The van der Waals surface area contributed by atoms with Gasteiger partial charge in [0.1, 0.15) is 5.03 Å². The van der Waals surface area contributed by atoms with E-state index in [0.717, 1.165) is 29.4 Å². The molecule has 1 amide bonds. The van der Waals surface area contributed by atoms with Crippen LogP contribution in [0.15, 0.2) is 46.5 Å². The molecule has 4 nitrogen and oxygen atoms in total. The zero-order valence-electron chi connectivity index (χ0n) is 15.0. The van der Waals surface area contributed by atoms with E-state index in [-0.39, 0.29) is 12.0 Å². The van der Waals surface area contributed by atoms with Gasteiger partial charge in [0.15, 0.2) is 0 Å². The zero-order valence-corrected chi connectivity index (χ0v) is 15.8. The van der Waals surface area contributed by atoms with Crippen LogP contribution < -0.4 is 0 Å². The Hall–Kier alpha value is -1.85. The molecule has 3 rings (SSSR count). The molecule has 1 aromatic heterocycles. The number of benzene rings is 1. The highest BCUT2D eigenvalue weighted by Crippen LogP contribution is 2.32. The number of carbonyl (C=O) groups excluding carboxylic acids is 1. The van der Waals surface area contributed by atoms with Gasteiger partial charge >= 0.3 is 0 Å². The minimum Gasteiger partial charge on any atom is -0.376 e. The smallest absolute Gasteiger partial charge is 0.256 e. The van der Waals surface area contributed by atoms with Gasteiger partial charge in [-0.2, -0.15) is 0 Å². The first-order valence-corrected chi connectivity index (χ1v) is 9.43. The lowest BCUT2D eigenvalue weighted by Gasteiger charge is -2.21. The lowest BCUT2D eigenvalue weighted by molar-refractivity contribution is 0.0584. The average Bonchev–Trinajstić information content (AvgIpc) is 3.10. The van der Waals surface area contributed by atoms with Gasteiger partial charge in [0, 0.05) is 31.3 Å². The highest BCUT2D eigenvalue weighted by atomic mass is 32.2. The lowest BCUT2D eigenvalue weighted by atomic mass is 10.2. The van der Waals surface area contributed by atoms with Crippen LogP contribution in [0.2, 0.25) is 0 Å². The topological polar surface area (TPSA) is 42.4 Å². The molecule has 132 valence electrons. The number of carbonyl (C=O) groups is 1. The third-order valence-corrected chi connectivity index (χ3v) is 5.58. The second-order valence-corrected chi connectivity index (χ2v) is 7.58. The molecule has 1 saturated heterocycles. The first kappa shape index (κ1) is 18.0. The monoisotopic (exact) mass is 356 g/mol. The van der Waals surface area contributed by atoms with Crippen LogP contribution in [0.25, 0.3) is 0 Å². The van der Waals surface area contributed by atoms with Crippen LogP contribution in [0.3, 0.4) is 0 Å². The molecule has 5 heteroatoms. The second-order valence-electron chi connectivity index (χ2n) is 6.55. The molecule has 0 radical (unpaired) electrons. The number of aryl methyl sites for hydroxylation is 2. The Balaban J connectivity index is 1.78. The second kappa shape index (κ2) is 8.02. The van der Waals surface area contributed by atoms with Crippen molar-refractivity contribution < 1.29 is 9.53 Å². The molecule has 2 aromatic rings. The average molecular weight is 356 g/mol. The lowest BCUT2D eigenvalue weighted by Crippen LogP contribution is -2.34. The summed E-state index contributed by atoms with van der Waals surface area (Å²) in [5, 5.41) is 0.749. The predicted octanol–water partition coefficient (Wildman–Crippen LogP) is 4.10. The number of likely N-dealkylation sites (N-methyl/N-ethyl adjacent to an activating group) is 1. The van der Waals surface area contributed by atoms with Gasteiger partial charge in [-0.05, 0) is 50.5 Å². The van der Waals surface area contributed by atoms with E-state index in [1.807, 2.05) is 19.2 Å². The summed E-state index contributed by atoms with van der Waals surface area (Å²) < 4.78 is 5.65. The van der Waals surface area contributed by atoms with E-state index >= 15 is 0 Å². The van der Waals surface area contributed by atoms with E-state index in [4.69, 9.17) is 4.74 Å². The number of nitrogens with zero attached hydrogens (tertiary/aromatic N) is 2. The maximum atomic E-state index is 12.9. The Morgan fingerprint density at radius 2 is 2.20 bits per heavy atom. The summed E-state index contributed by atoms with van der Waals surface area (Å²) in [5.41, 5.74) is 3.07. The van der Waals surface area contributed by atoms with Crippen LogP contribution in [-0.2, 0) is 4.74 Å².